The number of hydrogen-bond donors (Lipinski definition) is 2. The molecule has 0 saturated carbocycles. The zero-order valence-electron chi connectivity index (χ0n) is 53.1. The number of hydrogen-bond acceptors (Lipinski definition) is 6. The van der Waals surface area contributed by atoms with Gasteiger partial charge in [-0.2, -0.15) is 0 Å². The number of allylic oxidation sites excluding steroid dienone is 7. The van der Waals surface area contributed by atoms with Crippen LogP contribution < -0.4 is 5.32 Å². The number of phosphoric acid groups is 1. The van der Waals surface area contributed by atoms with Gasteiger partial charge in [0.2, 0.25) is 5.91 Å². The highest BCUT2D eigenvalue weighted by Crippen LogP contribution is 2.43. The standard InChI is InChI=1S/C69H131N2O7P/c1-7-10-13-16-19-22-25-28-30-31-32-33-34-35-36-37-38-39-41-44-47-50-53-56-59-62-69(73)78-67(60-57-54-51-48-45-42-27-24-21-18-15-12-9-3)66(65-77-79(74,75)76-64-63-71(4,5)6)70-68(72)61-58-55-52-49-46-43-40-29-26-23-20-17-14-11-8-2/h19,22-23,26,28,30,57,60,66-67H,7-18,20-21,24-25,27,29,31-56,58-59,61-65H2,1-6H3,(H-,70,72,74,75)/p+1/b22-19-,26-23-,30-28-,60-57-. The second-order valence-electron chi connectivity index (χ2n) is 24.3. The quantitative estimate of drug-likeness (QED) is 0.0205. The summed E-state index contributed by atoms with van der Waals surface area (Å²) in [5.74, 6) is -0.497. The molecule has 0 aliphatic rings. The van der Waals surface area contributed by atoms with Gasteiger partial charge in [-0.25, -0.2) is 4.57 Å². The van der Waals surface area contributed by atoms with Crippen LogP contribution in [0.4, 0.5) is 0 Å². The molecule has 0 bridgehead atoms. The summed E-state index contributed by atoms with van der Waals surface area (Å²) in [6.07, 6.45) is 74.0. The SMILES string of the molecule is CCCCC/C=C\C/C=C\CCCCCCCCCCCCCCCCCC(=O)OC(/C=C\CCCCCCCCCCCCC)C(COP(=O)(O)OCC[N+](C)(C)C)NC(=O)CCCCCCCCC/C=C\CCCCCC. The molecule has 0 fully saturated rings. The van der Waals surface area contributed by atoms with Crippen LogP contribution in [-0.4, -0.2) is 74.3 Å². The zero-order chi connectivity index (χ0) is 57.9. The van der Waals surface area contributed by atoms with Crippen LogP contribution in [0.25, 0.3) is 0 Å². The van der Waals surface area contributed by atoms with E-state index < -0.39 is 20.0 Å². The minimum atomic E-state index is -4.45. The number of amides is 1. The van der Waals surface area contributed by atoms with E-state index in [-0.39, 0.29) is 25.1 Å². The van der Waals surface area contributed by atoms with E-state index >= 15 is 0 Å². The smallest absolute Gasteiger partial charge is 0.456 e. The molecule has 0 spiro atoms. The summed E-state index contributed by atoms with van der Waals surface area (Å²) in [6.45, 7) is 7.01. The zero-order valence-corrected chi connectivity index (χ0v) is 54.0. The molecule has 0 saturated heterocycles. The molecule has 0 heterocycles. The molecule has 1 amide bonds. The van der Waals surface area contributed by atoms with Gasteiger partial charge < -0.3 is 19.4 Å². The molecular formula is C69H132N2O7P+. The molecule has 0 aromatic rings. The Morgan fingerprint density at radius 3 is 1.19 bits per heavy atom. The lowest BCUT2D eigenvalue weighted by Gasteiger charge is -2.27. The van der Waals surface area contributed by atoms with E-state index in [4.69, 9.17) is 13.8 Å². The van der Waals surface area contributed by atoms with E-state index in [9.17, 15) is 19.0 Å². The lowest BCUT2D eigenvalue weighted by atomic mass is 10.0. The molecule has 9 nitrogen and oxygen atoms in total. The Morgan fingerprint density at radius 2 is 0.772 bits per heavy atom. The van der Waals surface area contributed by atoms with Gasteiger partial charge in [0.05, 0.1) is 33.8 Å². The number of carbonyl (C=O) groups excluding carboxylic acids is 2. The van der Waals surface area contributed by atoms with Gasteiger partial charge in [0.15, 0.2) is 0 Å². The fourth-order valence-electron chi connectivity index (χ4n) is 9.97. The van der Waals surface area contributed by atoms with E-state index in [0.717, 1.165) is 77.0 Å². The van der Waals surface area contributed by atoms with E-state index in [0.29, 0.717) is 23.9 Å². The van der Waals surface area contributed by atoms with Gasteiger partial charge in [0.1, 0.15) is 19.3 Å². The number of carbonyl (C=O) groups is 2. The summed E-state index contributed by atoms with van der Waals surface area (Å²) in [7, 11) is 1.50. The second kappa shape index (κ2) is 59.1. The Kier molecular flexibility index (Phi) is 57.6. The fourth-order valence-corrected chi connectivity index (χ4v) is 10.7. The van der Waals surface area contributed by atoms with Crippen LogP contribution in [0, 0.1) is 0 Å². The summed E-state index contributed by atoms with van der Waals surface area (Å²) in [6, 6.07) is -0.849. The largest absolute Gasteiger partial charge is 0.472 e. The maximum absolute atomic E-state index is 13.6. The maximum atomic E-state index is 13.6. The highest BCUT2D eigenvalue weighted by molar-refractivity contribution is 7.47. The summed E-state index contributed by atoms with van der Waals surface area (Å²) in [5, 5.41) is 3.06. The lowest BCUT2D eigenvalue weighted by Crippen LogP contribution is -2.47. The molecule has 0 aromatic carbocycles. The van der Waals surface area contributed by atoms with Crippen molar-refractivity contribution in [2.45, 2.75) is 341 Å². The van der Waals surface area contributed by atoms with Crippen molar-refractivity contribution in [1.82, 2.24) is 5.32 Å². The third-order valence-electron chi connectivity index (χ3n) is 15.2. The predicted octanol–water partition coefficient (Wildman–Crippen LogP) is 21.2. The van der Waals surface area contributed by atoms with Crippen LogP contribution in [-0.2, 0) is 27.9 Å². The number of esters is 1. The van der Waals surface area contributed by atoms with Crippen LogP contribution in [0.5, 0.6) is 0 Å². The topological polar surface area (TPSA) is 111 Å². The molecule has 0 aliphatic heterocycles. The highest BCUT2D eigenvalue weighted by atomic mass is 31.2. The molecule has 0 aliphatic carbocycles. The molecular weight excluding hydrogens is 1000 g/mol. The molecule has 3 unspecified atom stereocenters. The Labute approximate surface area is 490 Å². The van der Waals surface area contributed by atoms with Gasteiger partial charge in [0, 0.05) is 12.8 Å². The molecule has 3 atom stereocenters. The van der Waals surface area contributed by atoms with Gasteiger partial charge >= 0.3 is 13.8 Å². The van der Waals surface area contributed by atoms with Crippen molar-refractivity contribution < 1.29 is 37.3 Å². The molecule has 10 heteroatoms. The van der Waals surface area contributed by atoms with Crippen molar-refractivity contribution >= 4 is 19.7 Å². The third-order valence-corrected chi connectivity index (χ3v) is 16.2. The number of phosphoric ester groups is 1. The molecule has 0 radical (unpaired) electrons. The first-order chi connectivity index (χ1) is 38.4. The number of ether oxygens (including phenoxy) is 1. The van der Waals surface area contributed by atoms with Crippen molar-refractivity contribution in [3.63, 3.8) is 0 Å². The number of quaternary nitrogens is 1. The average Bonchev–Trinajstić information content (AvgIpc) is 3.41. The van der Waals surface area contributed by atoms with Gasteiger partial charge in [-0.3, -0.25) is 18.6 Å². The van der Waals surface area contributed by atoms with Crippen LogP contribution in [0.2, 0.25) is 0 Å². The predicted molar refractivity (Wildman–Crippen MR) is 342 cm³/mol. The Bertz CT molecular complexity index is 1490. The summed E-state index contributed by atoms with van der Waals surface area (Å²) in [4.78, 5) is 37.8. The van der Waals surface area contributed by atoms with Crippen molar-refractivity contribution in [3.8, 4) is 0 Å². The van der Waals surface area contributed by atoms with Crippen molar-refractivity contribution in [2.24, 2.45) is 0 Å². The molecule has 0 aromatic heterocycles. The number of rotatable bonds is 62. The fraction of sp³-hybridized carbons (Fsp3) is 0.855. The summed E-state index contributed by atoms with van der Waals surface area (Å²) < 4.78 is 30.8. The van der Waals surface area contributed by atoms with Crippen molar-refractivity contribution in [3.05, 3.63) is 48.6 Å². The normalized spacial score (nSPS) is 13.9. The molecule has 79 heavy (non-hydrogen) atoms. The number of nitrogens with zero attached hydrogens (tertiary/aromatic N) is 1. The summed E-state index contributed by atoms with van der Waals surface area (Å²) in [5.41, 5.74) is 0. The first kappa shape index (κ1) is 77.0. The van der Waals surface area contributed by atoms with Crippen LogP contribution in [0.15, 0.2) is 48.6 Å². The lowest BCUT2D eigenvalue weighted by molar-refractivity contribution is -0.870. The summed E-state index contributed by atoms with van der Waals surface area (Å²) >= 11 is 0. The first-order valence-electron chi connectivity index (χ1n) is 34.0. The average molecular weight is 1130 g/mol. The maximum Gasteiger partial charge on any atom is 0.472 e. The number of likely N-dealkylation sites (N-methyl/N-ethyl adjacent to an activating group) is 1. The monoisotopic (exact) mass is 1130 g/mol. The van der Waals surface area contributed by atoms with Crippen molar-refractivity contribution in [1.29, 1.82) is 0 Å². The van der Waals surface area contributed by atoms with Crippen LogP contribution in [0.3, 0.4) is 0 Å². The van der Waals surface area contributed by atoms with Crippen molar-refractivity contribution in [2.75, 3.05) is 40.9 Å². The van der Waals surface area contributed by atoms with Gasteiger partial charge in [-0.05, 0) is 89.5 Å². The van der Waals surface area contributed by atoms with E-state index in [1.165, 1.54) is 218 Å². The second-order valence-corrected chi connectivity index (χ2v) is 25.8. The highest BCUT2D eigenvalue weighted by Gasteiger charge is 2.30. The molecule has 464 valence electrons. The number of unbranched alkanes of at least 4 members (excludes halogenated alkanes) is 40. The molecule has 0 rings (SSSR count). The Balaban J connectivity index is 5.09. The Hall–Kier alpha value is -2.03. The van der Waals surface area contributed by atoms with E-state index in [1.807, 2.05) is 33.3 Å². The minimum absolute atomic E-state index is 0.0407. The Morgan fingerprint density at radius 1 is 0.443 bits per heavy atom. The van der Waals surface area contributed by atoms with E-state index in [2.05, 4.69) is 62.5 Å². The van der Waals surface area contributed by atoms with Gasteiger partial charge in [-0.15, -0.1) is 0 Å². The minimum Gasteiger partial charge on any atom is -0.456 e. The third kappa shape index (κ3) is 60.4. The van der Waals surface area contributed by atoms with Crippen LogP contribution in [0.1, 0.15) is 329 Å². The van der Waals surface area contributed by atoms with Gasteiger partial charge in [-0.1, -0.05) is 275 Å². The van der Waals surface area contributed by atoms with E-state index in [1.54, 1.807) is 0 Å². The molecule has 2 N–H and O–H groups in total. The number of nitrogens with one attached hydrogen (secondary N) is 1. The van der Waals surface area contributed by atoms with Crippen LogP contribution >= 0.6 is 7.82 Å². The first-order valence-corrected chi connectivity index (χ1v) is 35.5. The van der Waals surface area contributed by atoms with Gasteiger partial charge in [0.25, 0.3) is 0 Å².